The Morgan fingerprint density at radius 1 is 1.31 bits per heavy atom. The Morgan fingerprint density at radius 3 is 2.38 bits per heavy atom. The van der Waals surface area contributed by atoms with Crippen molar-refractivity contribution >= 4 is 0 Å². The van der Waals surface area contributed by atoms with Gasteiger partial charge in [-0.15, -0.1) is 0 Å². The van der Waals surface area contributed by atoms with Gasteiger partial charge in [-0.1, -0.05) is 27.7 Å². The van der Waals surface area contributed by atoms with Crippen molar-refractivity contribution in [3.05, 3.63) is 0 Å². The van der Waals surface area contributed by atoms with Crippen molar-refractivity contribution in [3.63, 3.8) is 0 Å². The zero-order valence-electron chi connectivity index (χ0n) is 11.8. The van der Waals surface area contributed by atoms with E-state index in [1.807, 2.05) is 0 Å². The first-order valence-electron chi connectivity index (χ1n) is 6.85. The molecule has 0 aliphatic heterocycles. The van der Waals surface area contributed by atoms with E-state index in [0.29, 0.717) is 11.5 Å². The number of hydrogen-bond acceptors (Lipinski definition) is 2. The summed E-state index contributed by atoms with van der Waals surface area (Å²) in [7, 11) is 2.27. The van der Waals surface area contributed by atoms with Crippen LogP contribution in [0, 0.1) is 11.3 Å². The molecule has 2 heteroatoms. The third kappa shape index (κ3) is 5.31. The Hall–Kier alpha value is -0.0800. The lowest BCUT2D eigenvalue weighted by atomic mass is 9.84. The van der Waals surface area contributed by atoms with Gasteiger partial charge in [0, 0.05) is 12.6 Å². The average molecular weight is 226 g/mol. The van der Waals surface area contributed by atoms with Crippen LogP contribution in [0.1, 0.15) is 47.0 Å². The van der Waals surface area contributed by atoms with Crippen molar-refractivity contribution in [3.8, 4) is 0 Å². The smallest absolute Gasteiger partial charge is 0.0128 e. The summed E-state index contributed by atoms with van der Waals surface area (Å²) in [4.78, 5) is 2.51. The van der Waals surface area contributed by atoms with E-state index in [1.54, 1.807) is 0 Å². The maximum absolute atomic E-state index is 3.62. The molecule has 1 rings (SSSR count). The van der Waals surface area contributed by atoms with Gasteiger partial charge in [-0.2, -0.15) is 0 Å². The summed E-state index contributed by atoms with van der Waals surface area (Å²) < 4.78 is 0. The molecule has 0 aromatic carbocycles. The first-order valence-corrected chi connectivity index (χ1v) is 6.85. The van der Waals surface area contributed by atoms with Crippen LogP contribution in [-0.4, -0.2) is 37.6 Å². The van der Waals surface area contributed by atoms with Gasteiger partial charge in [0.05, 0.1) is 0 Å². The fourth-order valence-corrected chi connectivity index (χ4v) is 2.27. The van der Waals surface area contributed by atoms with Gasteiger partial charge in [-0.3, -0.25) is 0 Å². The fourth-order valence-electron chi connectivity index (χ4n) is 2.27. The van der Waals surface area contributed by atoms with E-state index in [9.17, 15) is 0 Å². The first kappa shape index (κ1) is 14.0. The van der Waals surface area contributed by atoms with Crippen LogP contribution in [0.25, 0.3) is 0 Å². The molecule has 1 saturated carbocycles. The third-order valence-electron chi connectivity index (χ3n) is 3.56. The minimum absolute atomic E-state index is 0.371. The molecule has 1 atom stereocenters. The second kappa shape index (κ2) is 6.02. The molecular formula is C14H30N2. The summed E-state index contributed by atoms with van der Waals surface area (Å²) in [6.45, 7) is 12.8. The van der Waals surface area contributed by atoms with Gasteiger partial charge in [0.15, 0.2) is 0 Å². The van der Waals surface area contributed by atoms with E-state index in [2.05, 4.69) is 45.0 Å². The van der Waals surface area contributed by atoms with Crippen LogP contribution >= 0.6 is 0 Å². The van der Waals surface area contributed by atoms with Crippen molar-refractivity contribution < 1.29 is 0 Å². The van der Waals surface area contributed by atoms with E-state index in [4.69, 9.17) is 0 Å². The molecule has 1 fully saturated rings. The molecule has 0 aromatic rings. The third-order valence-corrected chi connectivity index (χ3v) is 3.56. The maximum atomic E-state index is 3.62. The Balaban J connectivity index is 2.24. The highest BCUT2D eigenvalue weighted by Crippen LogP contribution is 2.29. The summed E-state index contributed by atoms with van der Waals surface area (Å²) in [6, 6.07) is 0.638. The summed E-state index contributed by atoms with van der Waals surface area (Å²) in [6.07, 6.45) is 4.18. The van der Waals surface area contributed by atoms with Crippen LogP contribution < -0.4 is 5.32 Å². The lowest BCUT2D eigenvalue weighted by Gasteiger charge is -2.32. The summed E-state index contributed by atoms with van der Waals surface area (Å²) in [5.74, 6) is 1.01. The quantitative estimate of drug-likeness (QED) is 0.718. The first-order chi connectivity index (χ1) is 7.43. The SMILES string of the molecule is CCNC(CCN(C)CC1CC1)C(C)(C)C. The standard InChI is InChI=1S/C14H30N2/c1-6-15-13(14(2,3)4)9-10-16(5)11-12-7-8-12/h12-13,15H,6-11H2,1-5H3. The van der Waals surface area contributed by atoms with Crippen LogP contribution in [0.4, 0.5) is 0 Å². The fraction of sp³-hybridized carbons (Fsp3) is 1.00. The highest BCUT2D eigenvalue weighted by atomic mass is 15.1. The molecule has 0 spiro atoms. The van der Waals surface area contributed by atoms with E-state index >= 15 is 0 Å². The molecular weight excluding hydrogens is 196 g/mol. The van der Waals surface area contributed by atoms with Gasteiger partial charge in [-0.05, 0) is 50.7 Å². The molecule has 2 nitrogen and oxygen atoms in total. The van der Waals surface area contributed by atoms with Gasteiger partial charge in [0.25, 0.3) is 0 Å². The summed E-state index contributed by atoms with van der Waals surface area (Å²) >= 11 is 0. The Labute approximate surface area is 102 Å². The lowest BCUT2D eigenvalue weighted by molar-refractivity contribution is 0.220. The van der Waals surface area contributed by atoms with Crippen LogP contribution in [-0.2, 0) is 0 Å². The zero-order chi connectivity index (χ0) is 12.2. The summed E-state index contributed by atoms with van der Waals surface area (Å²) in [5.41, 5.74) is 0.371. The van der Waals surface area contributed by atoms with Gasteiger partial charge >= 0.3 is 0 Å². The van der Waals surface area contributed by atoms with Gasteiger partial charge in [0.1, 0.15) is 0 Å². The molecule has 1 unspecified atom stereocenters. The molecule has 0 bridgehead atoms. The maximum Gasteiger partial charge on any atom is 0.0128 e. The second-order valence-corrected chi connectivity index (χ2v) is 6.47. The molecule has 0 aromatic heterocycles. The van der Waals surface area contributed by atoms with Gasteiger partial charge in [-0.25, -0.2) is 0 Å². The van der Waals surface area contributed by atoms with E-state index < -0.39 is 0 Å². The highest BCUT2D eigenvalue weighted by molar-refractivity contribution is 4.82. The molecule has 16 heavy (non-hydrogen) atoms. The minimum atomic E-state index is 0.371. The molecule has 1 aliphatic carbocycles. The number of hydrogen-bond donors (Lipinski definition) is 1. The van der Waals surface area contributed by atoms with Crippen molar-refractivity contribution in [1.29, 1.82) is 0 Å². The van der Waals surface area contributed by atoms with Crippen LogP contribution in [0.5, 0.6) is 0 Å². The van der Waals surface area contributed by atoms with Crippen LogP contribution in [0.3, 0.4) is 0 Å². The van der Waals surface area contributed by atoms with Crippen molar-refractivity contribution in [2.24, 2.45) is 11.3 Å². The van der Waals surface area contributed by atoms with E-state index in [0.717, 1.165) is 12.5 Å². The molecule has 1 aliphatic rings. The Kier molecular flexibility index (Phi) is 5.26. The topological polar surface area (TPSA) is 15.3 Å². The molecule has 0 heterocycles. The lowest BCUT2D eigenvalue weighted by Crippen LogP contribution is -2.42. The average Bonchev–Trinajstić information content (AvgIpc) is 2.94. The molecule has 0 saturated heterocycles. The van der Waals surface area contributed by atoms with Crippen molar-refractivity contribution in [2.75, 3.05) is 26.7 Å². The number of nitrogens with zero attached hydrogens (tertiary/aromatic N) is 1. The van der Waals surface area contributed by atoms with Crippen molar-refractivity contribution in [1.82, 2.24) is 10.2 Å². The molecule has 96 valence electrons. The van der Waals surface area contributed by atoms with E-state index in [-0.39, 0.29) is 0 Å². The molecule has 0 radical (unpaired) electrons. The zero-order valence-corrected chi connectivity index (χ0v) is 11.8. The predicted molar refractivity (Wildman–Crippen MR) is 71.8 cm³/mol. The van der Waals surface area contributed by atoms with Crippen LogP contribution in [0.2, 0.25) is 0 Å². The second-order valence-electron chi connectivity index (χ2n) is 6.47. The monoisotopic (exact) mass is 226 g/mol. The molecule has 0 amide bonds. The van der Waals surface area contributed by atoms with Crippen LogP contribution in [0.15, 0.2) is 0 Å². The van der Waals surface area contributed by atoms with Gasteiger partial charge in [0.2, 0.25) is 0 Å². The van der Waals surface area contributed by atoms with Gasteiger partial charge < -0.3 is 10.2 Å². The molecule has 1 N–H and O–H groups in total. The van der Waals surface area contributed by atoms with Crippen molar-refractivity contribution in [2.45, 2.75) is 53.0 Å². The highest BCUT2D eigenvalue weighted by Gasteiger charge is 2.25. The number of rotatable bonds is 7. The minimum Gasteiger partial charge on any atom is -0.314 e. The van der Waals surface area contributed by atoms with E-state index in [1.165, 1.54) is 32.4 Å². The largest absolute Gasteiger partial charge is 0.314 e. The predicted octanol–water partition coefficient (Wildman–Crippen LogP) is 2.74. The Bertz CT molecular complexity index is 191. The summed E-state index contributed by atoms with van der Waals surface area (Å²) in [5, 5.41) is 3.62. The number of nitrogens with one attached hydrogen (secondary N) is 1. The normalized spacial score (nSPS) is 19.1. The Morgan fingerprint density at radius 2 is 1.94 bits per heavy atom.